The van der Waals surface area contributed by atoms with Gasteiger partial charge in [-0.1, -0.05) is 54.1 Å². The van der Waals surface area contributed by atoms with Crippen LogP contribution in [0.15, 0.2) is 54.6 Å². The monoisotopic (exact) mass is 353 g/mol. The number of halogens is 1. The molecule has 5 heteroatoms. The highest BCUT2D eigenvalue weighted by Crippen LogP contribution is 2.19. The Labute approximate surface area is 152 Å². The molecule has 0 fully saturated rings. The standard InChI is InChI=1S/C20H20ClN3O/c21-16-10-4-9-15(12-16)13-18-19(20(22)25)17(23-24-18)11-5-8-14-6-2-1-3-7-14/h1-4,6-7,9-10,12H,5,8,11,13H2,(H2,22,25)(H,23,24). The maximum absolute atomic E-state index is 11.9. The van der Waals surface area contributed by atoms with Gasteiger partial charge in [-0.05, 0) is 42.5 Å². The number of nitrogens with two attached hydrogens (primary N) is 1. The Hall–Kier alpha value is -2.59. The zero-order valence-corrected chi connectivity index (χ0v) is 14.6. The van der Waals surface area contributed by atoms with E-state index in [1.807, 2.05) is 42.5 Å². The van der Waals surface area contributed by atoms with Gasteiger partial charge in [0, 0.05) is 11.4 Å². The van der Waals surface area contributed by atoms with E-state index < -0.39 is 5.91 Å². The molecule has 3 rings (SSSR count). The third-order valence-electron chi connectivity index (χ3n) is 4.15. The van der Waals surface area contributed by atoms with Crippen LogP contribution in [0.2, 0.25) is 5.02 Å². The van der Waals surface area contributed by atoms with E-state index in [0.717, 1.165) is 29.8 Å². The second-order valence-corrected chi connectivity index (χ2v) is 6.47. The van der Waals surface area contributed by atoms with Gasteiger partial charge in [-0.25, -0.2) is 0 Å². The van der Waals surface area contributed by atoms with Gasteiger partial charge < -0.3 is 5.73 Å². The minimum absolute atomic E-state index is 0.444. The average molecular weight is 354 g/mol. The van der Waals surface area contributed by atoms with E-state index in [-0.39, 0.29) is 0 Å². The largest absolute Gasteiger partial charge is 0.365 e. The molecule has 1 heterocycles. The fourth-order valence-corrected chi connectivity index (χ4v) is 3.19. The first kappa shape index (κ1) is 17.2. The van der Waals surface area contributed by atoms with E-state index in [4.69, 9.17) is 17.3 Å². The predicted molar refractivity (Wildman–Crippen MR) is 99.8 cm³/mol. The molecule has 0 aliphatic rings. The lowest BCUT2D eigenvalue weighted by Crippen LogP contribution is -2.15. The van der Waals surface area contributed by atoms with Crippen molar-refractivity contribution in [1.29, 1.82) is 0 Å². The summed E-state index contributed by atoms with van der Waals surface area (Å²) in [6.07, 6.45) is 3.10. The summed E-state index contributed by atoms with van der Waals surface area (Å²) < 4.78 is 0. The number of primary amides is 1. The van der Waals surface area contributed by atoms with E-state index in [2.05, 4.69) is 22.3 Å². The number of hydrogen-bond acceptors (Lipinski definition) is 2. The van der Waals surface area contributed by atoms with Crippen LogP contribution < -0.4 is 5.73 Å². The first-order chi connectivity index (χ1) is 12.1. The van der Waals surface area contributed by atoms with Crippen LogP contribution in [0.1, 0.15) is 39.3 Å². The third-order valence-corrected chi connectivity index (χ3v) is 4.39. The van der Waals surface area contributed by atoms with Crippen molar-refractivity contribution in [3.8, 4) is 0 Å². The summed E-state index contributed by atoms with van der Waals surface area (Å²) in [5.41, 5.74) is 9.87. The highest BCUT2D eigenvalue weighted by Gasteiger charge is 2.18. The summed E-state index contributed by atoms with van der Waals surface area (Å²) in [4.78, 5) is 11.9. The summed E-state index contributed by atoms with van der Waals surface area (Å²) in [6.45, 7) is 0. The van der Waals surface area contributed by atoms with Gasteiger partial charge in [0.25, 0.3) is 5.91 Å². The number of amides is 1. The summed E-state index contributed by atoms with van der Waals surface area (Å²) in [5.74, 6) is -0.444. The molecule has 0 bridgehead atoms. The lowest BCUT2D eigenvalue weighted by atomic mass is 10.0. The number of aromatic amines is 1. The van der Waals surface area contributed by atoms with Crippen LogP contribution in [-0.4, -0.2) is 16.1 Å². The van der Waals surface area contributed by atoms with Crippen LogP contribution in [0.4, 0.5) is 0 Å². The molecule has 25 heavy (non-hydrogen) atoms. The molecule has 4 nitrogen and oxygen atoms in total. The molecule has 0 aliphatic carbocycles. The molecule has 0 atom stereocenters. The van der Waals surface area contributed by atoms with Crippen LogP contribution >= 0.6 is 11.6 Å². The Balaban J connectivity index is 1.72. The van der Waals surface area contributed by atoms with Gasteiger partial charge in [0.05, 0.1) is 17.0 Å². The average Bonchev–Trinajstić information content (AvgIpc) is 2.98. The van der Waals surface area contributed by atoms with Crippen molar-refractivity contribution in [1.82, 2.24) is 10.2 Å². The fraction of sp³-hybridized carbons (Fsp3) is 0.200. The zero-order chi connectivity index (χ0) is 17.6. The van der Waals surface area contributed by atoms with E-state index in [9.17, 15) is 4.79 Å². The number of nitrogens with one attached hydrogen (secondary N) is 1. The number of aryl methyl sites for hydroxylation is 2. The number of H-pyrrole nitrogens is 1. The minimum atomic E-state index is -0.444. The molecular formula is C20H20ClN3O. The van der Waals surface area contributed by atoms with Crippen molar-refractivity contribution in [3.05, 3.63) is 87.7 Å². The van der Waals surface area contributed by atoms with Gasteiger partial charge in [-0.15, -0.1) is 0 Å². The summed E-state index contributed by atoms with van der Waals surface area (Å²) in [5, 5.41) is 7.97. The van der Waals surface area contributed by atoms with Crippen LogP contribution in [0.5, 0.6) is 0 Å². The number of carbonyl (C=O) groups excluding carboxylic acids is 1. The van der Waals surface area contributed by atoms with Gasteiger partial charge in [0.1, 0.15) is 0 Å². The number of carbonyl (C=O) groups is 1. The van der Waals surface area contributed by atoms with Crippen molar-refractivity contribution in [2.75, 3.05) is 0 Å². The van der Waals surface area contributed by atoms with E-state index in [1.54, 1.807) is 0 Å². The maximum Gasteiger partial charge on any atom is 0.252 e. The molecular weight excluding hydrogens is 334 g/mol. The molecule has 128 valence electrons. The molecule has 0 saturated heterocycles. The van der Waals surface area contributed by atoms with E-state index >= 15 is 0 Å². The molecule has 0 unspecified atom stereocenters. The molecule has 3 aromatic rings. The summed E-state index contributed by atoms with van der Waals surface area (Å²) >= 11 is 6.03. The number of rotatable bonds is 7. The van der Waals surface area contributed by atoms with Crippen molar-refractivity contribution in [2.24, 2.45) is 5.73 Å². The van der Waals surface area contributed by atoms with Gasteiger partial charge in [-0.2, -0.15) is 5.10 Å². The van der Waals surface area contributed by atoms with E-state index in [0.29, 0.717) is 23.4 Å². The Bertz CT molecular complexity index is 858. The number of nitrogens with zero attached hydrogens (tertiary/aromatic N) is 1. The van der Waals surface area contributed by atoms with Gasteiger partial charge in [0.2, 0.25) is 0 Å². The first-order valence-corrected chi connectivity index (χ1v) is 8.65. The highest BCUT2D eigenvalue weighted by atomic mass is 35.5. The minimum Gasteiger partial charge on any atom is -0.365 e. The lowest BCUT2D eigenvalue weighted by molar-refractivity contribution is 0.0998. The Kier molecular flexibility index (Phi) is 5.51. The molecule has 0 spiro atoms. The van der Waals surface area contributed by atoms with Gasteiger partial charge >= 0.3 is 0 Å². The predicted octanol–water partition coefficient (Wildman–Crippen LogP) is 3.93. The Morgan fingerprint density at radius 2 is 1.80 bits per heavy atom. The number of hydrogen-bond donors (Lipinski definition) is 2. The lowest BCUT2D eigenvalue weighted by Gasteiger charge is -2.04. The smallest absolute Gasteiger partial charge is 0.252 e. The number of benzene rings is 2. The Morgan fingerprint density at radius 3 is 2.52 bits per heavy atom. The van der Waals surface area contributed by atoms with Crippen molar-refractivity contribution >= 4 is 17.5 Å². The molecule has 2 aromatic carbocycles. The second-order valence-electron chi connectivity index (χ2n) is 6.03. The normalized spacial score (nSPS) is 10.8. The number of aromatic nitrogens is 2. The summed E-state index contributed by atoms with van der Waals surface area (Å²) in [7, 11) is 0. The Morgan fingerprint density at radius 1 is 1.04 bits per heavy atom. The van der Waals surface area contributed by atoms with Crippen molar-refractivity contribution in [3.63, 3.8) is 0 Å². The van der Waals surface area contributed by atoms with E-state index in [1.165, 1.54) is 5.56 Å². The molecule has 1 amide bonds. The maximum atomic E-state index is 11.9. The van der Waals surface area contributed by atoms with Crippen LogP contribution in [0.25, 0.3) is 0 Å². The molecule has 3 N–H and O–H groups in total. The summed E-state index contributed by atoms with van der Waals surface area (Å²) in [6, 6.07) is 17.8. The van der Waals surface area contributed by atoms with Crippen molar-refractivity contribution < 1.29 is 4.79 Å². The van der Waals surface area contributed by atoms with Gasteiger partial charge in [0.15, 0.2) is 0 Å². The highest BCUT2D eigenvalue weighted by molar-refractivity contribution is 6.30. The molecule has 1 aromatic heterocycles. The quantitative estimate of drug-likeness (QED) is 0.675. The third kappa shape index (κ3) is 4.48. The first-order valence-electron chi connectivity index (χ1n) is 8.28. The van der Waals surface area contributed by atoms with Crippen molar-refractivity contribution in [2.45, 2.75) is 25.7 Å². The van der Waals surface area contributed by atoms with Crippen LogP contribution in [-0.2, 0) is 19.3 Å². The zero-order valence-electron chi connectivity index (χ0n) is 13.8. The molecule has 0 radical (unpaired) electrons. The van der Waals surface area contributed by atoms with Crippen LogP contribution in [0, 0.1) is 0 Å². The second kappa shape index (κ2) is 7.99. The SMILES string of the molecule is NC(=O)c1c(CCCc2ccccc2)n[nH]c1Cc1cccc(Cl)c1. The van der Waals surface area contributed by atoms with Gasteiger partial charge in [-0.3, -0.25) is 9.89 Å². The molecule has 0 aliphatic heterocycles. The topological polar surface area (TPSA) is 71.8 Å². The van der Waals surface area contributed by atoms with Crippen LogP contribution in [0.3, 0.4) is 0 Å². The molecule has 0 saturated carbocycles. The fourth-order valence-electron chi connectivity index (χ4n) is 2.98.